The molecule has 1 N–H and O–H groups in total. The minimum atomic E-state index is -0.383. The molecule has 0 aliphatic rings. The Morgan fingerprint density at radius 3 is 2.47 bits per heavy atom. The van der Waals surface area contributed by atoms with E-state index in [0.29, 0.717) is 16.4 Å². The molecule has 0 bridgehead atoms. The minimum Gasteiger partial charge on any atom is -0.307 e. The van der Waals surface area contributed by atoms with Crippen LogP contribution < -0.4 is 5.32 Å². The normalized spacial score (nSPS) is 10.0. The molecule has 1 heterocycles. The van der Waals surface area contributed by atoms with Gasteiger partial charge >= 0.3 is 0 Å². The highest BCUT2D eigenvalue weighted by Gasteiger charge is 2.06. The van der Waals surface area contributed by atoms with Gasteiger partial charge in [-0.1, -0.05) is 11.6 Å². The number of halogens is 2. The van der Waals surface area contributed by atoms with Gasteiger partial charge in [0.15, 0.2) is 0 Å². The number of nitrogens with zero attached hydrogens (tertiary/aromatic N) is 1. The number of rotatable bonds is 2. The van der Waals surface area contributed by atoms with Gasteiger partial charge in [-0.25, -0.2) is 9.37 Å². The molecule has 5 heteroatoms. The number of aromatic nitrogens is 1. The van der Waals surface area contributed by atoms with Crippen LogP contribution >= 0.6 is 11.6 Å². The Morgan fingerprint density at radius 1 is 1.18 bits per heavy atom. The van der Waals surface area contributed by atoms with E-state index < -0.39 is 0 Å². The topological polar surface area (TPSA) is 42.0 Å². The Labute approximate surface area is 102 Å². The van der Waals surface area contributed by atoms with Crippen molar-refractivity contribution in [2.24, 2.45) is 0 Å². The molecular weight excluding hydrogens is 243 g/mol. The highest BCUT2D eigenvalue weighted by molar-refractivity contribution is 6.30. The van der Waals surface area contributed by atoms with Gasteiger partial charge in [-0.15, -0.1) is 0 Å². The van der Waals surface area contributed by atoms with Crippen LogP contribution in [0.5, 0.6) is 0 Å². The molecule has 0 saturated heterocycles. The first kappa shape index (κ1) is 11.5. The number of amides is 1. The number of carbonyl (C=O) groups excluding carboxylic acids is 1. The highest BCUT2D eigenvalue weighted by Crippen LogP contribution is 2.11. The third-order valence-electron chi connectivity index (χ3n) is 2.08. The third-order valence-corrected chi connectivity index (χ3v) is 2.30. The lowest BCUT2D eigenvalue weighted by atomic mass is 10.2. The first-order valence-corrected chi connectivity index (χ1v) is 5.21. The Hall–Kier alpha value is -1.94. The van der Waals surface area contributed by atoms with Gasteiger partial charge in [-0.3, -0.25) is 4.79 Å². The van der Waals surface area contributed by atoms with Crippen molar-refractivity contribution in [3.63, 3.8) is 0 Å². The van der Waals surface area contributed by atoms with Crippen molar-refractivity contribution in [3.05, 3.63) is 59.0 Å². The number of nitrogens with one attached hydrogen (secondary N) is 1. The second-order valence-corrected chi connectivity index (χ2v) is 3.76. The van der Waals surface area contributed by atoms with Crippen molar-refractivity contribution in [1.82, 2.24) is 4.98 Å². The number of carbonyl (C=O) groups is 1. The van der Waals surface area contributed by atoms with E-state index in [0.717, 1.165) is 0 Å². The van der Waals surface area contributed by atoms with Gasteiger partial charge in [-0.2, -0.15) is 0 Å². The minimum absolute atomic E-state index is 0.347. The van der Waals surface area contributed by atoms with Crippen molar-refractivity contribution in [3.8, 4) is 0 Å². The lowest BCUT2D eigenvalue weighted by Crippen LogP contribution is -2.12. The van der Waals surface area contributed by atoms with Crippen LogP contribution in [0.4, 0.5) is 10.2 Å². The molecule has 0 spiro atoms. The smallest absolute Gasteiger partial charge is 0.256 e. The molecule has 2 rings (SSSR count). The Morgan fingerprint density at radius 2 is 1.88 bits per heavy atom. The van der Waals surface area contributed by atoms with Crippen LogP contribution in [0.25, 0.3) is 0 Å². The first-order valence-electron chi connectivity index (χ1n) is 4.83. The van der Waals surface area contributed by atoms with Crippen molar-refractivity contribution in [2.75, 3.05) is 5.32 Å². The molecule has 0 unspecified atom stereocenters. The maximum atomic E-state index is 12.7. The number of benzene rings is 1. The van der Waals surface area contributed by atoms with Gasteiger partial charge in [-0.05, 0) is 36.4 Å². The Kier molecular flexibility index (Phi) is 3.35. The molecular formula is C12H8ClFN2O. The second-order valence-electron chi connectivity index (χ2n) is 3.32. The summed E-state index contributed by atoms with van der Waals surface area (Å²) in [6.07, 6.45) is 1.43. The quantitative estimate of drug-likeness (QED) is 0.890. The molecule has 0 radical (unpaired) electrons. The fourth-order valence-electron chi connectivity index (χ4n) is 1.24. The van der Waals surface area contributed by atoms with Crippen LogP contribution in [-0.2, 0) is 0 Å². The maximum absolute atomic E-state index is 12.7. The summed E-state index contributed by atoms with van der Waals surface area (Å²) in [6, 6.07) is 8.47. The molecule has 0 fully saturated rings. The zero-order valence-electron chi connectivity index (χ0n) is 8.65. The van der Waals surface area contributed by atoms with Crippen LogP contribution in [-0.4, -0.2) is 10.9 Å². The van der Waals surface area contributed by atoms with Gasteiger partial charge in [0.1, 0.15) is 11.6 Å². The van der Waals surface area contributed by atoms with Gasteiger partial charge in [0.05, 0.1) is 5.02 Å². The van der Waals surface area contributed by atoms with Gasteiger partial charge in [0, 0.05) is 11.8 Å². The van der Waals surface area contributed by atoms with E-state index in [1.807, 2.05) is 0 Å². The number of hydrogen-bond donors (Lipinski definition) is 1. The summed E-state index contributed by atoms with van der Waals surface area (Å²) in [5.74, 6) is -0.338. The molecule has 0 saturated carbocycles. The molecule has 1 aromatic heterocycles. The second kappa shape index (κ2) is 4.93. The zero-order valence-corrected chi connectivity index (χ0v) is 9.41. The molecule has 1 aromatic carbocycles. The fraction of sp³-hybridized carbons (Fsp3) is 0. The first-order chi connectivity index (χ1) is 8.15. The Bertz CT molecular complexity index is 525. The summed E-state index contributed by atoms with van der Waals surface area (Å²) < 4.78 is 12.7. The molecule has 0 aliphatic heterocycles. The predicted octanol–water partition coefficient (Wildman–Crippen LogP) is 3.13. The largest absolute Gasteiger partial charge is 0.307 e. The van der Waals surface area contributed by atoms with E-state index >= 15 is 0 Å². The highest BCUT2D eigenvalue weighted by atomic mass is 35.5. The summed E-state index contributed by atoms with van der Waals surface area (Å²) in [6.45, 7) is 0. The standard InChI is InChI=1S/C12H8ClFN2O/c13-9-3-6-11(15-7-9)16-12(17)8-1-4-10(14)5-2-8/h1-7H,(H,15,16,17). The SMILES string of the molecule is O=C(Nc1ccc(Cl)cn1)c1ccc(F)cc1. The molecule has 0 aliphatic carbocycles. The maximum Gasteiger partial charge on any atom is 0.256 e. The Balaban J connectivity index is 2.11. The summed E-state index contributed by atoms with van der Waals surface area (Å²) in [5.41, 5.74) is 0.364. The molecule has 1 amide bonds. The van der Waals surface area contributed by atoms with Gasteiger partial charge < -0.3 is 5.32 Å². The van der Waals surface area contributed by atoms with E-state index in [1.54, 1.807) is 12.1 Å². The van der Waals surface area contributed by atoms with Crippen LogP contribution in [0, 0.1) is 5.82 Å². The third kappa shape index (κ3) is 3.01. The van der Waals surface area contributed by atoms with Crippen molar-refractivity contribution in [1.29, 1.82) is 0 Å². The summed E-state index contributed by atoms with van der Waals surface area (Å²) in [7, 11) is 0. The van der Waals surface area contributed by atoms with E-state index in [4.69, 9.17) is 11.6 Å². The van der Waals surface area contributed by atoms with E-state index in [9.17, 15) is 9.18 Å². The zero-order chi connectivity index (χ0) is 12.3. The molecule has 17 heavy (non-hydrogen) atoms. The molecule has 3 nitrogen and oxygen atoms in total. The van der Waals surface area contributed by atoms with Crippen LogP contribution in [0.3, 0.4) is 0 Å². The van der Waals surface area contributed by atoms with Crippen molar-refractivity contribution >= 4 is 23.3 Å². The van der Waals surface area contributed by atoms with Gasteiger partial charge in [0.25, 0.3) is 5.91 Å². The van der Waals surface area contributed by atoms with Crippen molar-refractivity contribution in [2.45, 2.75) is 0 Å². The predicted molar refractivity (Wildman–Crippen MR) is 63.6 cm³/mol. The number of pyridine rings is 1. The van der Waals surface area contributed by atoms with Crippen LogP contribution in [0.15, 0.2) is 42.6 Å². The summed E-state index contributed by atoms with van der Waals surface area (Å²) >= 11 is 5.67. The van der Waals surface area contributed by atoms with Crippen LogP contribution in [0.1, 0.15) is 10.4 Å². The number of anilines is 1. The number of hydrogen-bond acceptors (Lipinski definition) is 2. The summed E-state index contributed by atoms with van der Waals surface area (Å²) in [5, 5.41) is 3.06. The average Bonchev–Trinajstić information content (AvgIpc) is 2.33. The van der Waals surface area contributed by atoms with Gasteiger partial charge in [0.2, 0.25) is 0 Å². The van der Waals surface area contributed by atoms with Crippen molar-refractivity contribution < 1.29 is 9.18 Å². The lowest BCUT2D eigenvalue weighted by molar-refractivity contribution is 0.102. The van der Waals surface area contributed by atoms with E-state index in [-0.39, 0.29) is 11.7 Å². The fourth-order valence-corrected chi connectivity index (χ4v) is 1.35. The lowest BCUT2D eigenvalue weighted by Gasteiger charge is -2.04. The summed E-state index contributed by atoms with van der Waals surface area (Å²) in [4.78, 5) is 15.6. The molecule has 2 aromatic rings. The molecule has 0 atom stereocenters. The monoisotopic (exact) mass is 250 g/mol. The van der Waals surface area contributed by atoms with E-state index in [2.05, 4.69) is 10.3 Å². The van der Waals surface area contributed by atoms with E-state index in [1.165, 1.54) is 30.5 Å². The average molecular weight is 251 g/mol. The van der Waals surface area contributed by atoms with Crippen LogP contribution in [0.2, 0.25) is 5.02 Å². The molecule has 86 valence electrons.